The van der Waals surface area contributed by atoms with Crippen LogP contribution in [0.15, 0.2) is 42.7 Å². The van der Waals surface area contributed by atoms with Crippen molar-refractivity contribution in [2.24, 2.45) is 5.73 Å². The molecular formula is C19H23N5O3. The Balaban J connectivity index is 1.47. The van der Waals surface area contributed by atoms with Crippen molar-refractivity contribution >= 4 is 17.6 Å². The van der Waals surface area contributed by atoms with E-state index in [4.69, 9.17) is 10.5 Å². The molecule has 0 spiro atoms. The summed E-state index contributed by atoms with van der Waals surface area (Å²) in [5.74, 6) is 0.0460. The lowest BCUT2D eigenvalue weighted by molar-refractivity contribution is -0.130. The number of hydrogen-bond donors (Lipinski definition) is 2. The fourth-order valence-corrected chi connectivity index (χ4v) is 2.86. The van der Waals surface area contributed by atoms with Crippen LogP contribution in [0.4, 0.5) is 5.82 Å². The van der Waals surface area contributed by atoms with Gasteiger partial charge in [0.25, 0.3) is 5.91 Å². The summed E-state index contributed by atoms with van der Waals surface area (Å²) in [5.41, 5.74) is 6.81. The Kier molecular flexibility index (Phi) is 6.32. The number of anilines is 1. The van der Waals surface area contributed by atoms with Crippen LogP contribution in [0.2, 0.25) is 0 Å². The Hall–Kier alpha value is -3.00. The number of nitrogens with one attached hydrogen (secondary N) is 1. The van der Waals surface area contributed by atoms with E-state index >= 15 is 0 Å². The molecule has 0 unspecified atom stereocenters. The van der Waals surface area contributed by atoms with Crippen LogP contribution in [-0.2, 0) is 16.0 Å². The van der Waals surface area contributed by atoms with Crippen LogP contribution < -0.4 is 16.0 Å². The van der Waals surface area contributed by atoms with Gasteiger partial charge >= 0.3 is 0 Å². The van der Waals surface area contributed by atoms with Gasteiger partial charge in [-0.1, -0.05) is 6.07 Å². The average molecular weight is 369 g/mol. The summed E-state index contributed by atoms with van der Waals surface area (Å²) >= 11 is 0. The number of ether oxygens (including phenoxy) is 1. The molecule has 2 amide bonds. The van der Waals surface area contributed by atoms with Gasteiger partial charge in [0, 0.05) is 31.2 Å². The number of primary amides is 1. The topological polar surface area (TPSA) is 110 Å². The first-order chi connectivity index (χ1) is 13.1. The van der Waals surface area contributed by atoms with Crippen LogP contribution in [0.3, 0.4) is 0 Å². The number of aromatic nitrogens is 2. The van der Waals surface area contributed by atoms with Gasteiger partial charge in [-0.2, -0.15) is 0 Å². The van der Waals surface area contributed by atoms with Gasteiger partial charge in [0.1, 0.15) is 5.82 Å². The number of morpholine rings is 1. The van der Waals surface area contributed by atoms with Gasteiger partial charge in [0.05, 0.1) is 18.7 Å². The number of hydrogen-bond acceptors (Lipinski definition) is 6. The molecule has 2 aromatic rings. The highest BCUT2D eigenvalue weighted by atomic mass is 16.5. The predicted molar refractivity (Wildman–Crippen MR) is 100 cm³/mol. The van der Waals surface area contributed by atoms with Crippen LogP contribution in [-0.4, -0.2) is 54.1 Å². The van der Waals surface area contributed by atoms with E-state index < -0.39 is 12.0 Å². The number of pyridine rings is 2. The minimum atomic E-state index is -0.636. The zero-order valence-electron chi connectivity index (χ0n) is 15.0. The van der Waals surface area contributed by atoms with Gasteiger partial charge in [0.15, 0.2) is 6.10 Å². The second-order valence-electron chi connectivity index (χ2n) is 6.29. The van der Waals surface area contributed by atoms with Crippen LogP contribution in [0.25, 0.3) is 0 Å². The Morgan fingerprint density at radius 1 is 1.26 bits per heavy atom. The molecule has 0 saturated carbocycles. The SMILES string of the molecule is NC(=O)[C@H]1CN(c2ccc(C(=O)NCCCc3ccccn3)cn2)CCO1. The fraction of sp³-hybridized carbons (Fsp3) is 0.368. The van der Waals surface area contributed by atoms with E-state index in [0.29, 0.717) is 37.6 Å². The molecule has 1 aliphatic rings. The van der Waals surface area contributed by atoms with Gasteiger partial charge in [-0.05, 0) is 37.1 Å². The van der Waals surface area contributed by atoms with Crippen LogP contribution in [0.1, 0.15) is 22.5 Å². The number of carbonyl (C=O) groups excluding carboxylic acids is 2. The minimum Gasteiger partial charge on any atom is -0.367 e. The largest absolute Gasteiger partial charge is 0.367 e. The van der Waals surface area contributed by atoms with Crippen LogP contribution in [0.5, 0.6) is 0 Å². The van der Waals surface area contributed by atoms with E-state index in [1.165, 1.54) is 6.20 Å². The standard InChI is InChI=1S/C19H23N5O3/c20-18(25)16-13-24(10-11-27-16)17-7-6-14(12-23-17)19(26)22-9-3-5-15-4-1-2-8-21-15/h1-2,4,6-8,12,16H,3,5,9-11,13H2,(H2,20,25)(H,22,26)/t16-/m1/s1. The lowest BCUT2D eigenvalue weighted by atomic mass is 10.2. The van der Waals surface area contributed by atoms with Crippen molar-refractivity contribution < 1.29 is 14.3 Å². The monoisotopic (exact) mass is 369 g/mol. The number of carbonyl (C=O) groups is 2. The summed E-state index contributed by atoms with van der Waals surface area (Å²) in [7, 11) is 0. The molecule has 1 aliphatic heterocycles. The third-order valence-electron chi connectivity index (χ3n) is 4.34. The normalized spacial score (nSPS) is 16.7. The zero-order valence-corrected chi connectivity index (χ0v) is 15.0. The molecule has 1 atom stereocenters. The molecule has 8 nitrogen and oxygen atoms in total. The van der Waals surface area contributed by atoms with E-state index in [9.17, 15) is 9.59 Å². The van der Waals surface area contributed by atoms with Gasteiger partial charge in [-0.3, -0.25) is 14.6 Å². The molecule has 3 heterocycles. The zero-order chi connectivity index (χ0) is 19.1. The van der Waals surface area contributed by atoms with Gasteiger partial charge < -0.3 is 20.7 Å². The second kappa shape index (κ2) is 9.09. The van der Waals surface area contributed by atoms with E-state index in [-0.39, 0.29) is 5.91 Å². The fourth-order valence-electron chi connectivity index (χ4n) is 2.86. The molecule has 142 valence electrons. The Labute approximate surface area is 157 Å². The maximum Gasteiger partial charge on any atom is 0.252 e. The summed E-state index contributed by atoms with van der Waals surface area (Å²) in [5, 5.41) is 2.89. The highest BCUT2D eigenvalue weighted by molar-refractivity contribution is 5.94. The van der Waals surface area contributed by atoms with Crippen molar-refractivity contribution in [3.05, 3.63) is 54.0 Å². The first-order valence-corrected chi connectivity index (χ1v) is 8.93. The van der Waals surface area contributed by atoms with Crippen molar-refractivity contribution in [3.8, 4) is 0 Å². The lowest BCUT2D eigenvalue weighted by Crippen LogP contribution is -2.48. The molecular weight excluding hydrogens is 346 g/mol. The van der Waals surface area contributed by atoms with Gasteiger partial charge in [-0.15, -0.1) is 0 Å². The molecule has 0 radical (unpaired) electrons. The Morgan fingerprint density at radius 2 is 2.15 bits per heavy atom. The Bertz CT molecular complexity index is 767. The van der Waals surface area contributed by atoms with E-state index in [1.807, 2.05) is 23.1 Å². The van der Waals surface area contributed by atoms with E-state index in [0.717, 1.165) is 18.5 Å². The lowest BCUT2D eigenvalue weighted by Gasteiger charge is -2.32. The summed E-state index contributed by atoms with van der Waals surface area (Å²) in [4.78, 5) is 34.0. The third-order valence-corrected chi connectivity index (χ3v) is 4.34. The Morgan fingerprint density at radius 3 is 2.85 bits per heavy atom. The summed E-state index contributed by atoms with van der Waals surface area (Å²) in [6.07, 6.45) is 4.30. The number of nitrogens with two attached hydrogens (primary N) is 1. The van der Waals surface area contributed by atoms with E-state index in [2.05, 4.69) is 15.3 Å². The maximum absolute atomic E-state index is 12.2. The molecule has 2 aromatic heterocycles. The average Bonchev–Trinajstić information content (AvgIpc) is 2.72. The van der Waals surface area contributed by atoms with Crippen LogP contribution in [0, 0.1) is 0 Å². The molecule has 3 rings (SSSR count). The molecule has 8 heteroatoms. The molecule has 0 bridgehead atoms. The van der Waals surface area contributed by atoms with Crippen molar-refractivity contribution in [1.82, 2.24) is 15.3 Å². The first-order valence-electron chi connectivity index (χ1n) is 8.93. The highest BCUT2D eigenvalue weighted by Gasteiger charge is 2.25. The summed E-state index contributed by atoms with van der Waals surface area (Å²) in [6, 6.07) is 9.30. The van der Waals surface area contributed by atoms with Crippen molar-refractivity contribution in [1.29, 1.82) is 0 Å². The van der Waals surface area contributed by atoms with Gasteiger partial charge in [-0.25, -0.2) is 4.98 Å². The maximum atomic E-state index is 12.2. The number of amides is 2. The number of nitrogens with zero attached hydrogens (tertiary/aromatic N) is 3. The molecule has 3 N–H and O–H groups in total. The van der Waals surface area contributed by atoms with Crippen LogP contribution >= 0.6 is 0 Å². The second-order valence-corrected chi connectivity index (χ2v) is 6.29. The molecule has 1 saturated heterocycles. The quantitative estimate of drug-likeness (QED) is 0.689. The summed E-state index contributed by atoms with van der Waals surface area (Å²) < 4.78 is 5.33. The number of rotatable bonds is 7. The van der Waals surface area contributed by atoms with Crippen molar-refractivity contribution in [2.45, 2.75) is 18.9 Å². The third kappa shape index (κ3) is 5.24. The molecule has 1 fully saturated rings. The first kappa shape index (κ1) is 18.8. The van der Waals surface area contributed by atoms with E-state index in [1.54, 1.807) is 18.3 Å². The predicted octanol–water partition coefficient (Wildman–Crippen LogP) is 0.530. The summed E-state index contributed by atoms with van der Waals surface area (Å²) in [6.45, 7) is 1.96. The van der Waals surface area contributed by atoms with Crippen molar-refractivity contribution in [3.63, 3.8) is 0 Å². The molecule has 27 heavy (non-hydrogen) atoms. The number of aryl methyl sites for hydroxylation is 1. The van der Waals surface area contributed by atoms with Crippen molar-refractivity contribution in [2.75, 3.05) is 31.1 Å². The highest BCUT2D eigenvalue weighted by Crippen LogP contribution is 2.15. The molecule has 0 aliphatic carbocycles. The van der Waals surface area contributed by atoms with Gasteiger partial charge in [0.2, 0.25) is 5.91 Å². The smallest absolute Gasteiger partial charge is 0.252 e. The molecule has 0 aromatic carbocycles. The minimum absolute atomic E-state index is 0.160.